The number of hydrogen-bond acceptors (Lipinski definition) is 3. The third-order valence-electron chi connectivity index (χ3n) is 4.09. The molecule has 5 heteroatoms. The summed E-state index contributed by atoms with van der Waals surface area (Å²) in [4.78, 5) is 28.9. The third-order valence-corrected chi connectivity index (χ3v) is 4.09. The van der Waals surface area contributed by atoms with Gasteiger partial charge >= 0.3 is 0 Å². The topological polar surface area (TPSA) is 64.0 Å². The summed E-state index contributed by atoms with van der Waals surface area (Å²) in [6.45, 7) is 0. The summed E-state index contributed by atoms with van der Waals surface area (Å²) in [6.07, 6.45) is 1.52. The second kappa shape index (κ2) is 6.20. The second-order valence-electron chi connectivity index (χ2n) is 5.83. The Labute approximate surface area is 143 Å². The molecule has 0 spiro atoms. The van der Waals surface area contributed by atoms with Crippen LogP contribution >= 0.6 is 0 Å². The van der Waals surface area contributed by atoms with Crippen LogP contribution in [-0.2, 0) is 11.2 Å². The van der Waals surface area contributed by atoms with Gasteiger partial charge in [0.25, 0.3) is 5.56 Å². The van der Waals surface area contributed by atoms with Gasteiger partial charge in [-0.05, 0) is 28.5 Å². The highest BCUT2D eigenvalue weighted by atomic mass is 16.2. The Balaban J connectivity index is 1.57. The number of para-hydroxylation sites is 1. The van der Waals surface area contributed by atoms with Crippen LogP contribution in [0.5, 0.6) is 0 Å². The van der Waals surface area contributed by atoms with Crippen molar-refractivity contribution in [2.75, 3.05) is 5.43 Å². The number of nitrogens with zero attached hydrogens (tertiary/aromatic N) is 2. The third kappa shape index (κ3) is 2.99. The minimum atomic E-state index is -0.294. The van der Waals surface area contributed by atoms with Crippen molar-refractivity contribution in [3.05, 3.63) is 89.0 Å². The van der Waals surface area contributed by atoms with Crippen molar-refractivity contribution in [1.82, 2.24) is 9.66 Å². The van der Waals surface area contributed by atoms with Gasteiger partial charge in [0.05, 0.1) is 17.3 Å². The maximum atomic E-state index is 12.4. The van der Waals surface area contributed by atoms with Gasteiger partial charge in [0.2, 0.25) is 5.91 Å². The quantitative estimate of drug-likeness (QED) is 0.628. The number of benzene rings is 3. The molecule has 0 saturated heterocycles. The molecule has 1 amide bonds. The van der Waals surface area contributed by atoms with E-state index in [0.29, 0.717) is 10.9 Å². The predicted molar refractivity (Wildman–Crippen MR) is 98.0 cm³/mol. The summed E-state index contributed by atoms with van der Waals surface area (Å²) >= 11 is 0. The molecule has 1 aromatic heterocycles. The molecule has 3 aromatic carbocycles. The van der Waals surface area contributed by atoms with Crippen molar-refractivity contribution < 1.29 is 4.79 Å². The number of nitrogens with one attached hydrogen (secondary N) is 1. The first-order valence-corrected chi connectivity index (χ1v) is 7.95. The van der Waals surface area contributed by atoms with Gasteiger partial charge in [-0.15, -0.1) is 0 Å². The van der Waals surface area contributed by atoms with E-state index in [-0.39, 0.29) is 17.9 Å². The Bertz CT molecular complexity index is 1150. The number of fused-ring (bicyclic) bond motifs is 2. The van der Waals surface area contributed by atoms with Crippen LogP contribution in [0.1, 0.15) is 5.56 Å². The lowest BCUT2D eigenvalue weighted by Gasteiger charge is -2.09. The Morgan fingerprint density at radius 3 is 2.60 bits per heavy atom. The Hall–Kier alpha value is -3.47. The van der Waals surface area contributed by atoms with Gasteiger partial charge in [0.1, 0.15) is 6.33 Å². The number of hydrogen-bond donors (Lipinski definition) is 1. The molecule has 0 bridgehead atoms. The Kier molecular flexibility index (Phi) is 3.74. The smallest absolute Gasteiger partial charge is 0.273 e. The highest BCUT2D eigenvalue weighted by Crippen LogP contribution is 2.16. The molecule has 0 radical (unpaired) electrons. The molecule has 0 aliphatic carbocycles. The fourth-order valence-electron chi connectivity index (χ4n) is 2.86. The van der Waals surface area contributed by atoms with E-state index in [1.807, 2.05) is 48.5 Å². The fraction of sp³-hybridized carbons (Fsp3) is 0.0500. The minimum absolute atomic E-state index is 0.185. The van der Waals surface area contributed by atoms with Crippen LogP contribution in [0.3, 0.4) is 0 Å². The zero-order chi connectivity index (χ0) is 17.2. The molecule has 4 aromatic rings. The number of rotatable bonds is 3. The van der Waals surface area contributed by atoms with Gasteiger partial charge < -0.3 is 0 Å². The lowest BCUT2D eigenvalue weighted by Crippen LogP contribution is -2.34. The van der Waals surface area contributed by atoms with Crippen molar-refractivity contribution in [1.29, 1.82) is 0 Å². The van der Waals surface area contributed by atoms with Crippen LogP contribution < -0.4 is 11.0 Å². The van der Waals surface area contributed by atoms with Crippen LogP contribution in [0.25, 0.3) is 21.7 Å². The van der Waals surface area contributed by atoms with E-state index in [0.717, 1.165) is 21.0 Å². The Morgan fingerprint density at radius 2 is 1.72 bits per heavy atom. The number of aromatic nitrogens is 2. The lowest BCUT2D eigenvalue weighted by molar-refractivity contribution is -0.116. The second-order valence-corrected chi connectivity index (χ2v) is 5.83. The van der Waals surface area contributed by atoms with E-state index >= 15 is 0 Å². The number of amides is 1. The molecule has 122 valence electrons. The highest BCUT2D eigenvalue weighted by Gasteiger charge is 2.08. The normalized spacial score (nSPS) is 10.9. The van der Waals surface area contributed by atoms with Crippen LogP contribution in [0.2, 0.25) is 0 Å². The highest BCUT2D eigenvalue weighted by molar-refractivity contribution is 5.88. The summed E-state index contributed by atoms with van der Waals surface area (Å²) in [5.41, 5.74) is 3.80. The van der Waals surface area contributed by atoms with Crippen molar-refractivity contribution in [2.24, 2.45) is 0 Å². The molecule has 5 nitrogen and oxygen atoms in total. The van der Waals surface area contributed by atoms with Crippen molar-refractivity contribution in [3.8, 4) is 0 Å². The summed E-state index contributed by atoms with van der Waals surface area (Å²) in [5, 5.41) is 2.68. The molecule has 0 atom stereocenters. The largest absolute Gasteiger partial charge is 0.280 e. The Morgan fingerprint density at radius 1 is 0.960 bits per heavy atom. The van der Waals surface area contributed by atoms with Crippen molar-refractivity contribution in [3.63, 3.8) is 0 Å². The number of carbonyl (C=O) groups excluding carboxylic acids is 1. The van der Waals surface area contributed by atoms with Crippen LogP contribution in [0, 0.1) is 0 Å². The molecular formula is C20H15N3O2. The van der Waals surface area contributed by atoms with Gasteiger partial charge in [-0.25, -0.2) is 9.66 Å². The van der Waals surface area contributed by atoms with Crippen LogP contribution in [-0.4, -0.2) is 15.6 Å². The standard InChI is InChI=1S/C20H15N3O2/c24-19(12-14-9-10-15-5-1-2-6-16(15)11-14)22-23-13-21-18-8-4-3-7-17(18)20(23)25/h1-11,13H,12H2,(H,22,24). The van der Waals surface area contributed by atoms with E-state index < -0.39 is 0 Å². The van der Waals surface area contributed by atoms with E-state index in [1.165, 1.54) is 6.33 Å². The van der Waals surface area contributed by atoms with E-state index in [1.54, 1.807) is 18.2 Å². The first kappa shape index (κ1) is 15.1. The van der Waals surface area contributed by atoms with Gasteiger partial charge in [-0.3, -0.25) is 15.0 Å². The van der Waals surface area contributed by atoms with Gasteiger partial charge in [0.15, 0.2) is 0 Å². The predicted octanol–water partition coefficient (Wildman–Crippen LogP) is 2.86. The molecule has 1 N–H and O–H groups in total. The molecule has 25 heavy (non-hydrogen) atoms. The molecule has 0 aliphatic rings. The zero-order valence-corrected chi connectivity index (χ0v) is 13.3. The molecular weight excluding hydrogens is 314 g/mol. The lowest BCUT2D eigenvalue weighted by atomic mass is 10.1. The van der Waals surface area contributed by atoms with E-state index in [9.17, 15) is 9.59 Å². The van der Waals surface area contributed by atoms with E-state index in [4.69, 9.17) is 0 Å². The summed E-state index contributed by atoms with van der Waals surface area (Å²) < 4.78 is 1.13. The minimum Gasteiger partial charge on any atom is -0.273 e. The molecule has 4 rings (SSSR count). The monoisotopic (exact) mass is 329 g/mol. The summed E-state index contributed by atoms with van der Waals surface area (Å²) in [7, 11) is 0. The van der Waals surface area contributed by atoms with Crippen LogP contribution in [0.15, 0.2) is 77.9 Å². The molecule has 0 unspecified atom stereocenters. The van der Waals surface area contributed by atoms with Gasteiger partial charge in [-0.2, -0.15) is 0 Å². The van der Waals surface area contributed by atoms with Crippen LogP contribution in [0.4, 0.5) is 0 Å². The average Bonchev–Trinajstić information content (AvgIpc) is 2.64. The molecule has 0 fully saturated rings. The number of carbonyl (C=O) groups is 1. The van der Waals surface area contributed by atoms with Gasteiger partial charge in [0, 0.05) is 0 Å². The molecule has 0 saturated carbocycles. The van der Waals surface area contributed by atoms with Gasteiger partial charge in [-0.1, -0.05) is 54.6 Å². The first-order chi connectivity index (χ1) is 12.2. The fourth-order valence-corrected chi connectivity index (χ4v) is 2.86. The molecule has 1 heterocycles. The first-order valence-electron chi connectivity index (χ1n) is 7.95. The van der Waals surface area contributed by atoms with Crippen molar-refractivity contribution in [2.45, 2.75) is 6.42 Å². The summed E-state index contributed by atoms with van der Waals surface area (Å²) in [6, 6.07) is 20.9. The van der Waals surface area contributed by atoms with E-state index in [2.05, 4.69) is 10.4 Å². The zero-order valence-electron chi connectivity index (χ0n) is 13.3. The average molecular weight is 329 g/mol. The maximum Gasteiger partial charge on any atom is 0.280 e. The molecule has 0 aliphatic heterocycles. The summed E-state index contributed by atoms with van der Waals surface area (Å²) in [5.74, 6) is -0.269. The SMILES string of the molecule is O=C(Cc1ccc2ccccc2c1)Nn1cnc2ccccc2c1=O. The maximum absolute atomic E-state index is 12.4. The van der Waals surface area contributed by atoms with Crippen molar-refractivity contribution >= 4 is 27.6 Å².